The quantitative estimate of drug-likeness (QED) is 0.467. The smallest absolute Gasteiger partial charge is 0.248 e. The molecule has 1 aliphatic rings. The van der Waals surface area contributed by atoms with Crippen molar-refractivity contribution in [1.82, 2.24) is 9.88 Å². The monoisotopic (exact) mass is 425 g/mol. The van der Waals surface area contributed by atoms with E-state index in [1.807, 2.05) is 12.1 Å². The van der Waals surface area contributed by atoms with Gasteiger partial charge in [0.25, 0.3) is 0 Å². The van der Waals surface area contributed by atoms with E-state index in [1.54, 1.807) is 30.6 Å². The van der Waals surface area contributed by atoms with Crippen molar-refractivity contribution < 1.29 is 9.53 Å². The average Bonchev–Trinajstić information content (AvgIpc) is 2.76. The summed E-state index contributed by atoms with van der Waals surface area (Å²) < 4.78 is 5.37. The molecule has 3 rings (SSSR count). The van der Waals surface area contributed by atoms with E-state index < -0.39 is 0 Å². The van der Waals surface area contributed by atoms with E-state index in [2.05, 4.69) is 15.2 Å². The number of nitrogens with zero attached hydrogens (tertiary/aromatic N) is 2. The summed E-state index contributed by atoms with van der Waals surface area (Å²) in [7, 11) is 0. The van der Waals surface area contributed by atoms with Gasteiger partial charge >= 0.3 is 0 Å². The van der Waals surface area contributed by atoms with E-state index in [4.69, 9.17) is 27.5 Å². The van der Waals surface area contributed by atoms with Crippen LogP contribution in [-0.4, -0.2) is 48.3 Å². The maximum Gasteiger partial charge on any atom is 0.248 e. The lowest BCUT2D eigenvalue weighted by atomic mass is 10.0. The van der Waals surface area contributed by atoms with Crippen molar-refractivity contribution in [3.05, 3.63) is 70.6 Å². The molecule has 0 aliphatic carbocycles. The van der Waals surface area contributed by atoms with E-state index in [0.29, 0.717) is 21.8 Å². The van der Waals surface area contributed by atoms with Crippen molar-refractivity contribution in [3.8, 4) is 0 Å². The highest BCUT2D eigenvalue weighted by atomic mass is 35.5. The molecule has 1 fully saturated rings. The van der Waals surface area contributed by atoms with E-state index in [-0.39, 0.29) is 5.91 Å². The SMILES string of the molecule is N=C/C(=C\N)c1ccncc1/C=C/C(=O)Nc1ccc(CN2CCOCC2)c(Cl)c1. The van der Waals surface area contributed by atoms with Crippen molar-refractivity contribution >= 4 is 41.1 Å². The van der Waals surface area contributed by atoms with Crippen LogP contribution >= 0.6 is 11.6 Å². The van der Waals surface area contributed by atoms with Gasteiger partial charge in [0, 0.05) is 72.4 Å². The van der Waals surface area contributed by atoms with Gasteiger partial charge in [-0.15, -0.1) is 0 Å². The number of pyridine rings is 1. The number of hydrogen-bond acceptors (Lipinski definition) is 6. The third kappa shape index (κ3) is 5.76. The number of halogens is 1. The second-order valence-corrected chi connectivity index (χ2v) is 7.15. The molecule has 1 amide bonds. The van der Waals surface area contributed by atoms with Gasteiger partial charge in [0.1, 0.15) is 0 Å². The van der Waals surface area contributed by atoms with Gasteiger partial charge in [0.2, 0.25) is 5.91 Å². The number of allylic oxidation sites excluding steroid dienone is 1. The van der Waals surface area contributed by atoms with Gasteiger partial charge in [-0.05, 0) is 35.4 Å². The highest BCUT2D eigenvalue weighted by Crippen LogP contribution is 2.23. The van der Waals surface area contributed by atoms with Crippen molar-refractivity contribution in [3.63, 3.8) is 0 Å². The Morgan fingerprint density at radius 2 is 2.13 bits per heavy atom. The van der Waals surface area contributed by atoms with Crippen LogP contribution in [0.5, 0.6) is 0 Å². The van der Waals surface area contributed by atoms with Crippen LogP contribution in [0.25, 0.3) is 11.6 Å². The van der Waals surface area contributed by atoms with E-state index in [1.165, 1.54) is 12.3 Å². The number of nitrogens with two attached hydrogens (primary N) is 1. The van der Waals surface area contributed by atoms with Crippen LogP contribution < -0.4 is 11.1 Å². The number of nitrogens with one attached hydrogen (secondary N) is 2. The zero-order chi connectivity index (χ0) is 21.3. The fourth-order valence-corrected chi connectivity index (χ4v) is 3.36. The molecule has 8 heteroatoms. The summed E-state index contributed by atoms with van der Waals surface area (Å²) in [6, 6.07) is 7.27. The van der Waals surface area contributed by atoms with Gasteiger partial charge in [-0.25, -0.2) is 0 Å². The Balaban J connectivity index is 1.65. The summed E-state index contributed by atoms with van der Waals surface area (Å²) in [5, 5.41) is 10.9. The topological polar surface area (TPSA) is 104 Å². The second-order valence-electron chi connectivity index (χ2n) is 6.75. The molecule has 1 aromatic carbocycles. The summed E-state index contributed by atoms with van der Waals surface area (Å²) in [6.45, 7) is 3.99. The molecular formula is C22H24ClN5O2. The predicted molar refractivity (Wildman–Crippen MR) is 120 cm³/mol. The number of aromatic nitrogens is 1. The lowest BCUT2D eigenvalue weighted by molar-refractivity contribution is -0.111. The first kappa shape index (κ1) is 21.7. The predicted octanol–water partition coefficient (Wildman–Crippen LogP) is 3.17. The third-order valence-corrected chi connectivity index (χ3v) is 5.08. The molecule has 0 saturated carbocycles. The van der Waals surface area contributed by atoms with Crippen LogP contribution in [-0.2, 0) is 16.1 Å². The number of hydrogen-bond donors (Lipinski definition) is 3. The minimum atomic E-state index is -0.296. The molecule has 4 N–H and O–H groups in total. The molecule has 2 aromatic rings. The van der Waals surface area contributed by atoms with Crippen LogP contribution in [0.4, 0.5) is 5.69 Å². The van der Waals surface area contributed by atoms with Gasteiger partial charge in [0.05, 0.1) is 13.2 Å². The van der Waals surface area contributed by atoms with E-state index in [0.717, 1.165) is 50.2 Å². The fourth-order valence-electron chi connectivity index (χ4n) is 3.12. The minimum Gasteiger partial charge on any atom is -0.404 e. The molecule has 0 unspecified atom stereocenters. The van der Waals surface area contributed by atoms with Crippen molar-refractivity contribution in [2.45, 2.75) is 6.54 Å². The molecule has 156 valence electrons. The molecule has 1 aliphatic heterocycles. The van der Waals surface area contributed by atoms with Gasteiger partial charge < -0.3 is 21.2 Å². The molecule has 0 spiro atoms. The summed E-state index contributed by atoms with van der Waals surface area (Å²) >= 11 is 6.42. The molecule has 30 heavy (non-hydrogen) atoms. The highest BCUT2D eigenvalue weighted by Gasteiger charge is 2.13. The number of morpholine rings is 1. The first-order valence-corrected chi connectivity index (χ1v) is 9.93. The molecule has 0 radical (unpaired) electrons. The zero-order valence-electron chi connectivity index (χ0n) is 16.5. The summed E-state index contributed by atoms with van der Waals surface area (Å²) in [5.74, 6) is -0.296. The Hall–Kier alpha value is -3.00. The van der Waals surface area contributed by atoms with Gasteiger partial charge in [-0.3, -0.25) is 14.7 Å². The first-order chi connectivity index (χ1) is 14.6. The summed E-state index contributed by atoms with van der Waals surface area (Å²) in [5.41, 5.74) is 9.15. The van der Waals surface area contributed by atoms with Crippen LogP contribution in [0.3, 0.4) is 0 Å². The minimum absolute atomic E-state index is 0.296. The number of rotatable bonds is 7. The number of carbonyl (C=O) groups excluding carboxylic acids is 1. The van der Waals surface area contributed by atoms with E-state index in [9.17, 15) is 4.79 Å². The molecule has 0 atom stereocenters. The molecular weight excluding hydrogens is 402 g/mol. The second kappa shape index (κ2) is 10.7. The van der Waals surface area contributed by atoms with Crippen LogP contribution in [0.2, 0.25) is 5.02 Å². The average molecular weight is 426 g/mol. The maximum absolute atomic E-state index is 12.4. The maximum atomic E-state index is 12.4. The zero-order valence-corrected chi connectivity index (χ0v) is 17.2. The van der Waals surface area contributed by atoms with Crippen LogP contribution in [0.15, 0.2) is 48.9 Å². The van der Waals surface area contributed by atoms with Crippen molar-refractivity contribution in [2.75, 3.05) is 31.6 Å². The molecule has 1 aromatic heterocycles. The standard InChI is InChI=1S/C22H24ClN5O2/c23-21-11-19(3-1-17(21)15-28-7-9-30-10-8-28)27-22(29)4-2-16-14-26-6-5-20(16)18(12-24)13-25/h1-6,11-14,24H,7-10,15,25H2,(H,27,29)/b4-2+,18-13+,24-12?. The molecule has 1 saturated heterocycles. The van der Waals surface area contributed by atoms with E-state index >= 15 is 0 Å². The number of amides is 1. The lowest BCUT2D eigenvalue weighted by Gasteiger charge is -2.27. The number of ether oxygens (including phenoxy) is 1. The molecule has 2 heterocycles. The number of anilines is 1. The Bertz CT molecular complexity index is 968. The molecule has 0 bridgehead atoms. The summed E-state index contributed by atoms with van der Waals surface area (Å²) in [6.07, 6.45) is 8.78. The van der Waals surface area contributed by atoms with Gasteiger partial charge in [-0.1, -0.05) is 17.7 Å². The van der Waals surface area contributed by atoms with Crippen LogP contribution in [0, 0.1) is 5.41 Å². The Morgan fingerprint density at radius 3 is 2.83 bits per heavy atom. The van der Waals surface area contributed by atoms with Gasteiger partial charge in [0.15, 0.2) is 0 Å². The fraction of sp³-hybridized carbons (Fsp3) is 0.227. The number of carbonyl (C=O) groups is 1. The van der Waals surface area contributed by atoms with Crippen molar-refractivity contribution in [1.29, 1.82) is 5.41 Å². The van der Waals surface area contributed by atoms with Crippen LogP contribution in [0.1, 0.15) is 16.7 Å². The summed E-state index contributed by atoms with van der Waals surface area (Å²) in [4.78, 5) is 18.7. The Kier molecular flexibility index (Phi) is 7.73. The Morgan fingerprint density at radius 1 is 1.33 bits per heavy atom. The largest absolute Gasteiger partial charge is 0.404 e. The first-order valence-electron chi connectivity index (χ1n) is 9.55. The highest BCUT2D eigenvalue weighted by molar-refractivity contribution is 6.31. The van der Waals surface area contributed by atoms with Crippen molar-refractivity contribution in [2.24, 2.45) is 5.73 Å². The third-order valence-electron chi connectivity index (χ3n) is 4.73. The number of benzene rings is 1. The van der Waals surface area contributed by atoms with Gasteiger partial charge in [-0.2, -0.15) is 0 Å². The molecule has 7 nitrogen and oxygen atoms in total. The Labute approximate surface area is 180 Å². The lowest BCUT2D eigenvalue weighted by Crippen LogP contribution is -2.35. The normalized spacial score (nSPS) is 15.3.